The number of hydrogen-bond donors (Lipinski definition) is 2. The number of aromatic nitrogens is 2. The van der Waals surface area contributed by atoms with Crippen LogP contribution in [-0.4, -0.2) is 22.6 Å². The third-order valence-corrected chi connectivity index (χ3v) is 4.12. The second-order valence-electron chi connectivity index (χ2n) is 6.47. The number of ether oxygens (including phenoxy) is 1. The highest BCUT2D eigenvalue weighted by atomic mass is 16.5. The van der Waals surface area contributed by atoms with E-state index in [-0.39, 0.29) is 12.1 Å². The van der Waals surface area contributed by atoms with Crippen LogP contribution in [0.3, 0.4) is 0 Å². The maximum absolute atomic E-state index is 6.09. The van der Waals surface area contributed by atoms with E-state index in [9.17, 15) is 0 Å². The Kier molecular flexibility index (Phi) is 5.11. The van der Waals surface area contributed by atoms with Crippen molar-refractivity contribution in [2.24, 2.45) is 0 Å². The summed E-state index contributed by atoms with van der Waals surface area (Å²) in [5.74, 6) is 1.17. The molecule has 0 fully saturated rings. The number of benzene rings is 2. The molecule has 0 radical (unpaired) electrons. The number of anilines is 3. The summed E-state index contributed by atoms with van der Waals surface area (Å²) in [4.78, 5) is 10.7. The van der Waals surface area contributed by atoms with Crippen molar-refractivity contribution >= 4 is 28.4 Å². The minimum atomic E-state index is 0.00889. The largest absolute Gasteiger partial charge is 0.490 e. The molecular weight excluding hydrogens is 326 g/mol. The van der Waals surface area contributed by atoms with Crippen molar-refractivity contribution in [3.8, 4) is 5.75 Å². The van der Waals surface area contributed by atoms with E-state index in [2.05, 4.69) is 33.9 Å². The van der Waals surface area contributed by atoms with E-state index in [1.54, 1.807) is 0 Å². The second-order valence-corrected chi connectivity index (χ2v) is 6.47. The zero-order chi connectivity index (χ0) is 18.7. The molecule has 0 unspecified atom stereocenters. The Morgan fingerprint density at radius 2 is 1.81 bits per heavy atom. The maximum atomic E-state index is 6.09. The molecule has 0 aliphatic carbocycles. The van der Waals surface area contributed by atoms with Crippen molar-refractivity contribution in [3.05, 3.63) is 48.0 Å². The molecule has 3 rings (SSSR count). The summed E-state index contributed by atoms with van der Waals surface area (Å²) in [6.07, 6.45) is 0.00889. The van der Waals surface area contributed by atoms with E-state index >= 15 is 0 Å². The van der Waals surface area contributed by atoms with Gasteiger partial charge in [-0.3, -0.25) is 0 Å². The number of hydrogen-bond acceptors (Lipinski definition) is 6. The molecule has 0 spiro atoms. The third-order valence-electron chi connectivity index (χ3n) is 4.12. The number of fused-ring (bicyclic) bond motifs is 1. The van der Waals surface area contributed by atoms with E-state index in [1.165, 1.54) is 5.56 Å². The lowest BCUT2D eigenvalue weighted by molar-refractivity contribution is 0.245. The molecule has 1 heterocycles. The molecule has 136 valence electrons. The molecule has 6 nitrogen and oxygen atoms in total. The van der Waals surface area contributed by atoms with Gasteiger partial charge in [0.15, 0.2) is 0 Å². The molecule has 2 aromatic carbocycles. The first-order valence-corrected chi connectivity index (χ1v) is 8.80. The molecule has 0 bridgehead atoms. The quantitative estimate of drug-likeness (QED) is 0.705. The summed E-state index contributed by atoms with van der Waals surface area (Å²) in [7, 11) is 0. The first kappa shape index (κ1) is 17.8. The monoisotopic (exact) mass is 351 g/mol. The first-order valence-electron chi connectivity index (χ1n) is 8.80. The lowest BCUT2D eigenvalue weighted by Gasteiger charge is -2.25. The molecule has 0 aliphatic heterocycles. The Hall–Kier alpha value is -3.02. The molecule has 0 saturated heterocycles. The summed E-state index contributed by atoms with van der Waals surface area (Å²) in [5, 5.41) is 0.701. The zero-order valence-corrected chi connectivity index (χ0v) is 15.4. The van der Waals surface area contributed by atoms with Gasteiger partial charge >= 0.3 is 0 Å². The standard InChI is InChI=1S/C20H25N5O/c1-4-25(12-14-8-6-5-7-9-14)15-10-16-18(17(11-15)26-13(2)3)19(21)24-20(22)23-16/h5-11,13H,4,12H2,1-3H3,(H4,21,22,23,24). The van der Waals surface area contributed by atoms with Crippen LogP contribution in [0.4, 0.5) is 17.5 Å². The molecule has 0 saturated carbocycles. The van der Waals surface area contributed by atoms with Crippen molar-refractivity contribution < 1.29 is 4.74 Å². The summed E-state index contributed by atoms with van der Waals surface area (Å²) >= 11 is 0. The van der Waals surface area contributed by atoms with Crippen LogP contribution in [0.1, 0.15) is 26.3 Å². The van der Waals surface area contributed by atoms with Crippen molar-refractivity contribution in [1.82, 2.24) is 9.97 Å². The molecule has 6 heteroatoms. The van der Waals surface area contributed by atoms with Crippen molar-refractivity contribution in [2.75, 3.05) is 22.9 Å². The van der Waals surface area contributed by atoms with Crippen LogP contribution in [0.15, 0.2) is 42.5 Å². The topological polar surface area (TPSA) is 90.3 Å². The fraction of sp³-hybridized carbons (Fsp3) is 0.300. The van der Waals surface area contributed by atoms with Gasteiger partial charge in [0.25, 0.3) is 0 Å². The van der Waals surface area contributed by atoms with Gasteiger partial charge in [0.1, 0.15) is 11.6 Å². The van der Waals surface area contributed by atoms with Crippen molar-refractivity contribution in [2.45, 2.75) is 33.4 Å². The van der Waals surface area contributed by atoms with Gasteiger partial charge in [-0.25, -0.2) is 4.98 Å². The summed E-state index contributed by atoms with van der Waals surface area (Å²) in [6.45, 7) is 7.72. The van der Waals surface area contributed by atoms with Gasteiger partial charge in [0, 0.05) is 24.8 Å². The first-order chi connectivity index (χ1) is 12.5. The summed E-state index contributed by atoms with van der Waals surface area (Å²) in [5.41, 5.74) is 14.8. The van der Waals surface area contributed by atoms with Crippen molar-refractivity contribution in [1.29, 1.82) is 0 Å². The van der Waals surface area contributed by atoms with Gasteiger partial charge in [-0.05, 0) is 32.4 Å². The SMILES string of the molecule is CCN(Cc1ccccc1)c1cc(OC(C)C)c2c(N)nc(N)nc2c1. The van der Waals surface area contributed by atoms with Crippen LogP contribution in [-0.2, 0) is 6.54 Å². The van der Waals surface area contributed by atoms with Crippen molar-refractivity contribution in [3.63, 3.8) is 0 Å². The van der Waals surface area contributed by atoms with Gasteiger partial charge in [-0.1, -0.05) is 30.3 Å². The highest BCUT2D eigenvalue weighted by Crippen LogP contribution is 2.35. The lowest BCUT2D eigenvalue weighted by atomic mass is 10.1. The average Bonchev–Trinajstić information content (AvgIpc) is 2.59. The number of rotatable bonds is 6. The smallest absolute Gasteiger partial charge is 0.222 e. The van der Waals surface area contributed by atoms with E-state index in [0.29, 0.717) is 22.5 Å². The van der Waals surface area contributed by atoms with Gasteiger partial charge in [-0.2, -0.15) is 4.98 Å². The Labute approximate surface area is 153 Å². The normalized spacial score (nSPS) is 11.1. The second kappa shape index (κ2) is 7.47. The van der Waals surface area contributed by atoms with Crippen LogP contribution in [0.5, 0.6) is 5.75 Å². The Morgan fingerprint density at radius 1 is 1.08 bits per heavy atom. The van der Waals surface area contributed by atoms with E-state index in [4.69, 9.17) is 16.2 Å². The van der Waals surface area contributed by atoms with E-state index in [1.807, 2.05) is 44.2 Å². The van der Waals surface area contributed by atoms with Gasteiger partial charge in [0.2, 0.25) is 5.95 Å². The van der Waals surface area contributed by atoms with Crippen LogP contribution < -0.4 is 21.1 Å². The molecule has 4 N–H and O–H groups in total. The predicted molar refractivity (Wildman–Crippen MR) is 107 cm³/mol. The summed E-state index contributed by atoms with van der Waals surface area (Å²) < 4.78 is 6.01. The van der Waals surface area contributed by atoms with E-state index in [0.717, 1.165) is 18.8 Å². The van der Waals surface area contributed by atoms with Crippen LogP contribution >= 0.6 is 0 Å². The number of nitrogens with two attached hydrogens (primary N) is 2. The average molecular weight is 351 g/mol. The van der Waals surface area contributed by atoms with Crippen LogP contribution in [0.2, 0.25) is 0 Å². The Morgan fingerprint density at radius 3 is 2.46 bits per heavy atom. The van der Waals surface area contributed by atoms with Gasteiger partial charge in [-0.15, -0.1) is 0 Å². The molecule has 0 aliphatic rings. The molecule has 0 atom stereocenters. The van der Waals surface area contributed by atoms with Crippen LogP contribution in [0, 0.1) is 0 Å². The van der Waals surface area contributed by atoms with Crippen LogP contribution in [0.25, 0.3) is 10.9 Å². The third kappa shape index (κ3) is 3.79. The predicted octanol–water partition coefficient (Wildman–Crippen LogP) is 3.61. The Balaban J connectivity index is 2.09. The Bertz CT molecular complexity index is 896. The van der Waals surface area contributed by atoms with Gasteiger partial charge in [0.05, 0.1) is 17.0 Å². The highest BCUT2D eigenvalue weighted by Gasteiger charge is 2.16. The zero-order valence-electron chi connectivity index (χ0n) is 15.4. The minimum Gasteiger partial charge on any atom is -0.490 e. The summed E-state index contributed by atoms with van der Waals surface area (Å²) in [6, 6.07) is 14.3. The fourth-order valence-electron chi connectivity index (χ4n) is 2.98. The van der Waals surface area contributed by atoms with Gasteiger partial charge < -0.3 is 21.1 Å². The molecular formula is C20H25N5O. The number of nitrogens with zero attached hydrogens (tertiary/aromatic N) is 3. The van der Waals surface area contributed by atoms with E-state index < -0.39 is 0 Å². The number of nitrogen functional groups attached to an aromatic ring is 2. The lowest BCUT2D eigenvalue weighted by Crippen LogP contribution is -2.22. The highest BCUT2D eigenvalue weighted by molar-refractivity contribution is 5.96. The molecule has 1 aromatic heterocycles. The fourth-order valence-corrected chi connectivity index (χ4v) is 2.98. The maximum Gasteiger partial charge on any atom is 0.222 e. The molecule has 0 amide bonds. The molecule has 3 aromatic rings. The molecule has 26 heavy (non-hydrogen) atoms. The minimum absolute atomic E-state index is 0.00889.